The first kappa shape index (κ1) is 11.4. The largest absolute Gasteiger partial charge is 0.339 e. The maximum absolute atomic E-state index is 12.0. The van der Waals surface area contributed by atoms with Gasteiger partial charge in [0.2, 0.25) is 5.91 Å². The Morgan fingerprint density at radius 3 is 2.50 bits per heavy atom. The molecule has 0 unspecified atom stereocenters. The number of hydrogen-bond donors (Lipinski definition) is 1. The van der Waals surface area contributed by atoms with Gasteiger partial charge in [0, 0.05) is 32.7 Å². The summed E-state index contributed by atoms with van der Waals surface area (Å²) < 4.78 is 12.0. The number of nitrogens with zero attached hydrogens (tertiary/aromatic N) is 2. The van der Waals surface area contributed by atoms with Crippen LogP contribution in [-0.2, 0) is 4.79 Å². The number of likely N-dealkylation sites (N-methyl/N-ethyl adjacent to an activating group) is 1. The average Bonchev–Trinajstić information content (AvgIpc) is 2.20. The van der Waals surface area contributed by atoms with E-state index in [0.717, 1.165) is 26.2 Å². The lowest BCUT2D eigenvalue weighted by Gasteiger charge is -2.34. The predicted molar refractivity (Wildman–Crippen MR) is 52.9 cm³/mol. The molecular formula is C9H18FN3O. The van der Waals surface area contributed by atoms with Crippen molar-refractivity contribution in [3.63, 3.8) is 0 Å². The molecule has 1 aliphatic rings. The molecule has 1 amide bonds. The molecule has 0 radical (unpaired) electrons. The quantitative estimate of drug-likeness (QED) is 0.657. The van der Waals surface area contributed by atoms with Crippen LogP contribution in [0.1, 0.15) is 0 Å². The standard InChI is InChI=1S/C9H18FN3O/c1-11-8-9(14)13-6-4-12(3-2-10)5-7-13/h11H,2-8H2,1H3. The molecule has 1 rings (SSSR count). The zero-order chi connectivity index (χ0) is 10.4. The first-order valence-electron chi connectivity index (χ1n) is 4.98. The Bertz CT molecular complexity index is 181. The lowest BCUT2D eigenvalue weighted by Crippen LogP contribution is -2.50. The SMILES string of the molecule is CNCC(=O)N1CCN(CCF)CC1. The van der Waals surface area contributed by atoms with Gasteiger partial charge in [0.25, 0.3) is 0 Å². The van der Waals surface area contributed by atoms with Crippen LogP contribution in [0.4, 0.5) is 4.39 Å². The molecule has 82 valence electrons. The van der Waals surface area contributed by atoms with Crippen molar-refractivity contribution < 1.29 is 9.18 Å². The van der Waals surface area contributed by atoms with Crippen LogP contribution >= 0.6 is 0 Å². The molecule has 0 saturated carbocycles. The van der Waals surface area contributed by atoms with Gasteiger partial charge in [-0.1, -0.05) is 0 Å². The lowest BCUT2D eigenvalue weighted by molar-refractivity contribution is -0.131. The molecule has 1 fully saturated rings. The summed E-state index contributed by atoms with van der Waals surface area (Å²) in [6.07, 6.45) is 0. The minimum atomic E-state index is -0.301. The number of rotatable bonds is 4. The summed E-state index contributed by atoms with van der Waals surface area (Å²) in [5.41, 5.74) is 0. The van der Waals surface area contributed by atoms with E-state index in [1.54, 1.807) is 7.05 Å². The summed E-state index contributed by atoms with van der Waals surface area (Å²) in [4.78, 5) is 15.3. The van der Waals surface area contributed by atoms with Crippen LogP contribution in [0.3, 0.4) is 0 Å². The van der Waals surface area contributed by atoms with Crippen molar-refractivity contribution in [3.8, 4) is 0 Å². The van der Waals surface area contributed by atoms with E-state index in [-0.39, 0.29) is 12.6 Å². The number of alkyl halides is 1. The van der Waals surface area contributed by atoms with Crippen LogP contribution in [0.2, 0.25) is 0 Å². The van der Waals surface area contributed by atoms with Gasteiger partial charge in [0.15, 0.2) is 0 Å². The maximum Gasteiger partial charge on any atom is 0.236 e. The summed E-state index contributed by atoms with van der Waals surface area (Å²) in [5.74, 6) is 0.132. The van der Waals surface area contributed by atoms with Gasteiger partial charge in [-0.05, 0) is 7.05 Å². The van der Waals surface area contributed by atoms with Crippen molar-refractivity contribution in [3.05, 3.63) is 0 Å². The molecule has 1 heterocycles. The van der Waals surface area contributed by atoms with E-state index in [1.165, 1.54) is 0 Å². The van der Waals surface area contributed by atoms with Crippen LogP contribution in [0.25, 0.3) is 0 Å². The second-order valence-electron chi connectivity index (χ2n) is 3.44. The van der Waals surface area contributed by atoms with E-state index in [4.69, 9.17) is 0 Å². The Labute approximate surface area is 84.0 Å². The van der Waals surface area contributed by atoms with Crippen molar-refractivity contribution >= 4 is 5.91 Å². The first-order chi connectivity index (χ1) is 6.77. The number of hydrogen-bond acceptors (Lipinski definition) is 3. The van der Waals surface area contributed by atoms with Crippen molar-refractivity contribution in [2.24, 2.45) is 0 Å². The average molecular weight is 203 g/mol. The highest BCUT2D eigenvalue weighted by atomic mass is 19.1. The zero-order valence-corrected chi connectivity index (χ0v) is 8.63. The molecule has 0 spiro atoms. The summed E-state index contributed by atoms with van der Waals surface area (Å²) in [7, 11) is 1.76. The molecule has 1 aliphatic heterocycles. The van der Waals surface area contributed by atoms with E-state index < -0.39 is 0 Å². The molecule has 0 aromatic carbocycles. The molecule has 1 N–H and O–H groups in total. The molecule has 4 nitrogen and oxygen atoms in total. The maximum atomic E-state index is 12.0. The van der Waals surface area contributed by atoms with Gasteiger partial charge >= 0.3 is 0 Å². The Morgan fingerprint density at radius 2 is 2.00 bits per heavy atom. The third kappa shape index (κ3) is 3.23. The van der Waals surface area contributed by atoms with Crippen LogP contribution in [-0.4, -0.2) is 68.7 Å². The van der Waals surface area contributed by atoms with Crippen molar-refractivity contribution in [1.82, 2.24) is 15.1 Å². The van der Waals surface area contributed by atoms with Gasteiger partial charge in [-0.15, -0.1) is 0 Å². The highest BCUT2D eigenvalue weighted by Crippen LogP contribution is 2.01. The van der Waals surface area contributed by atoms with Crippen molar-refractivity contribution in [1.29, 1.82) is 0 Å². The molecule has 14 heavy (non-hydrogen) atoms. The Hall–Kier alpha value is -0.680. The molecular weight excluding hydrogens is 185 g/mol. The topological polar surface area (TPSA) is 35.6 Å². The smallest absolute Gasteiger partial charge is 0.236 e. The van der Waals surface area contributed by atoms with Crippen LogP contribution in [0, 0.1) is 0 Å². The van der Waals surface area contributed by atoms with E-state index in [9.17, 15) is 9.18 Å². The number of amides is 1. The number of nitrogens with one attached hydrogen (secondary N) is 1. The number of carbonyl (C=O) groups is 1. The van der Waals surface area contributed by atoms with Gasteiger partial charge in [0.1, 0.15) is 6.67 Å². The predicted octanol–water partition coefficient (Wildman–Crippen LogP) is -0.680. The Morgan fingerprint density at radius 1 is 1.36 bits per heavy atom. The Kier molecular flexibility index (Phi) is 4.82. The van der Waals surface area contributed by atoms with Gasteiger partial charge in [-0.2, -0.15) is 0 Å². The highest BCUT2D eigenvalue weighted by Gasteiger charge is 2.19. The summed E-state index contributed by atoms with van der Waals surface area (Å²) in [6.45, 7) is 3.61. The second-order valence-corrected chi connectivity index (χ2v) is 3.44. The molecule has 0 aliphatic carbocycles. The Balaban J connectivity index is 2.24. The zero-order valence-electron chi connectivity index (χ0n) is 8.63. The van der Waals surface area contributed by atoms with Crippen molar-refractivity contribution in [2.45, 2.75) is 0 Å². The number of piperazine rings is 1. The van der Waals surface area contributed by atoms with E-state index in [0.29, 0.717) is 13.1 Å². The van der Waals surface area contributed by atoms with E-state index in [1.807, 2.05) is 9.80 Å². The fourth-order valence-corrected chi connectivity index (χ4v) is 1.60. The minimum absolute atomic E-state index is 0.132. The van der Waals surface area contributed by atoms with Crippen LogP contribution < -0.4 is 5.32 Å². The third-order valence-electron chi connectivity index (χ3n) is 2.45. The summed E-state index contributed by atoms with van der Waals surface area (Å²) >= 11 is 0. The summed E-state index contributed by atoms with van der Waals surface area (Å²) in [6, 6.07) is 0. The lowest BCUT2D eigenvalue weighted by atomic mass is 10.3. The number of carbonyl (C=O) groups excluding carboxylic acids is 1. The number of halogens is 1. The fraction of sp³-hybridized carbons (Fsp3) is 0.889. The monoisotopic (exact) mass is 203 g/mol. The fourth-order valence-electron chi connectivity index (χ4n) is 1.60. The molecule has 0 atom stereocenters. The summed E-state index contributed by atoms with van der Waals surface area (Å²) in [5, 5.41) is 2.84. The molecule has 1 saturated heterocycles. The van der Waals surface area contributed by atoms with Gasteiger partial charge in [-0.25, -0.2) is 4.39 Å². The highest BCUT2D eigenvalue weighted by molar-refractivity contribution is 5.78. The molecule has 0 aromatic heterocycles. The first-order valence-corrected chi connectivity index (χ1v) is 4.98. The normalized spacial score (nSPS) is 18.6. The van der Waals surface area contributed by atoms with Crippen LogP contribution in [0.5, 0.6) is 0 Å². The van der Waals surface area contributed by atoms with E-state index >= 15 is 0 Å². The van der Waals surface area contributed by atoms with Crippen molar-refractivity contribution in [2.75, 3.05) is 53.0 Å². The molecule has 0 aromatic rings. The molecule has 5 heteroatoms. The minimum Gasteiger partial charge on any atom is -0.339 e. The van der Waals surface area contributed by atoms with Gasteiger partial charge < -0.3 is 10.2 Å². The molecule has 0 bridgehead atoms. The van der Waals surface area contributed by atoms with Crippen LogP contribution in [0.15, 0.2) is 0 Å². The van der Waals surface area contributed by atoms with Gasteiger partial charge in [0.05, 0.1) is 6.54 Å². The second kappa shape index (κ2) is 5.93. The van der Waals surface area contributed by atoms with E-state index in [2.05, 4.69) is 5.32 Å². The third-order valence-corrected chi connectivity index (χ3v) is 2.45. The van der Waals surface area contributed by atoms with Gasteiger partial charge in [-0.3, -0.25) is 9.69 Å².